The van der Waals surface area contributed by atoms with Crippen LogP contribution in [0.4, 0.5) is 0 Å². The number of nitrogens with one attached hydrogen (secondary N) is 1. The number of carbonyl (C=O) groups excluding carboxylic acids is 2. The van der Waals surface area contributed by atoms with Crippen LogP contribution >= 0.6 is 0 Å². The number of rotatable bonds is 1. The van der Waals surface area contributed by atoms with Crippen LogP contribution in [0.3, 0.4) is 0 Å². The zero-order valence-electron chi connectivity index (χ0n) is 13.7. The maximum Gasteiger partial charge on any atom is 0.192 e. The molecule has 1 atom stereocenters. The minimum atomic E-state index is -0.264. The number of fused-ring (bicyclic) bond motifs is 2. The SMILES string of the molecule is O=C1CCCC2=C1[C@H](c1ccccc1)C1=C(N2)c2ccccc2C1=O. The van der Waals surface area contributed by atoms with E-state index >= 15 is 0 Å². The van der Waals surface area contributed by atoms with E-state index in [0.717, 1.165) is 52.1 Å². The van der Waals surface area contributed by atoms with Crippen LogP contribution in [-0.4, -0.2) is 11.6 Å². The van der Waals surface area contributed by atoms with Gasteiger partial charge in [-0.25, -0.2) is 0 Å². The summed E-state index contributed by atoms with van der Waals surface area (Å²) in [6, 6.07) is 17.6. The Bertz CT molecular complexity index is 982. The van der Waals surface area contributed by atoms with Gasteiger partial charge in [0, 0.05) is 40.3 Å². The largest absolute Gasteiger partial charge is 0.358 e. The van der Waals surface area contributed by atoms with E-state index in [4.69, 9.17) is 0 Å². The summed E-state index contributed by atoms with van der Waals surface area (Å²) in [6.07, 6.45) is 2.29. The van der Waals surface area contributed by atoms with E-state index in [1.54, 1.807) is 0 Å². The quantitative estimate of drug-likeness (QED) is 0.861. The molecule has 5 rings (SSSR count). The second kappa shape index (κ2) is 5.28. The third-order valence-electron chi connectivity index (χ3n) is 5.40. The van der Waals surface area contributed by atoms with Crippen LogP contribution in [0.15, 0.2) is 71.4 Å². The minimum Gasteiger partial charge on any atom is -0.358 e. The molecule has 122 valence electrons. The molecule has 0 unspecified atom stereocenters. The van der Waals surface area contributed by atoms with Gasteiger partial charge in [-0.3, -0.25) is 9.59 Å². The van der Waals surface area contributed by atoms with E-state index in [1.807, 2.05) is 54.6 Å². The second-order valence-corrected chi connectivity index (χ2v) is 6.80. The van der Waals surface area contributed by atoms with Crippen molar-refractivity contribution in [1.29, 1.82) is 0 Å². The molecule has 1 N–H and O–H groups in total. The van der Waals surface area contributed by atoms with Gasteiger partial charge in [0.15, 0.2) is 11.6 Å². The third kappa shape index (κ3) is 1.99. The average Bonchev–Trinajstić information content (AvgIpc) is 2.94. The van der Waals surface area contributed by atoms with Gasteiger partial charge < -0.3 is 5.32 Å². The molecule has 25 heavy (non-hydrogen) atoms. The van der Waals surface area contributed by atoms with Crippen LogP contribution in [0.5, 0.6) is 0 Å². The molecular weight excluding hydrogens is 310 g/mol. The van der Waals surface area contributed by atoms with Gasteiger partial charge in [0.25, 0.3) is 0 Å². The number of allylic oxidation sites excluding steroid dienone is 3. The molecule has 2 aromatic carbocycles. The van der Waals surface area contributed by atoms with Crippen molar-refractivity contribution >= 4 is 17.3 Å². The van der Waals surface area contributed by atoms with E-state index in [2.05, 4.69) is 5.32 Å². The molecule has 0 saturated heterocycles. The lowest BCUT2D eigenvalue weighted by Crippen LogP contribution is -2.31. The average molecular weight is 327 g/mol. The fraction of sp³-hybridized carbons (Fsp3) is 0.182. The molecule has 3 aliphatic rings. The zero-order chi connectivity index (χ0) is 17.0. The molecule has 1 aliphatic heterocycles. The number of benzene rings is 2. The Morgan fingerprint density at radius 3 is 2.32 bits per heavy atom. The van der Waals surface area contributed by atoms with Crippen molar-refractivity contribution in [3.8, 4) is 0 Å². The molecule has 1 heterocycles. The van der Waals surface area contributed by atoms with E-state index in [1.165, 1.54) is 0 Å². The van der Waals surface area contributed by atoms with E-state index in [9.17, 15) is 9.59 Å². The summed E-state index contributed by atoms with van der Waals surface area (Å²) in [6.45, 7) is 0. The van der Waals surface area contributed by atoms with Crippen LogP contribution in [0.25, 0.3) is 5.70 Å². The monoisotopic (exact) mass is 327 g/mol. The van der Waals surface area contributed by atoms with E-state index in [0.29, 0.717) is 6.42 Å². The van der Waals surface area contributed by atoms with Crippen molar-refractivity contribution < 1.29 is 9.59 Å². The van der Waals surface area contributed by atoms with Crippen molar-refractivity contribution in [3.05, 3.63) is 88.1 Å². The molecular formula is C22H17NO2. The highest BCUT2D eigenvalue weighted by Gasteiger charge is 2.43. The normalized spacial score (nSPS) is 21.7. The number of hydrogen-bond acceptors (Lipinski definition) is 3. The Kier molecular flexibility index (Phi) is 3.04. The van der Waals surface area contributed by atoms with Gasteiger partial charge in [0.05, 0.1) is 5.70 Å². The van der Waals surface area contributed by atoms with Gasteiger partial charge in [-0.15, -0.1) is 0 Å². The van der Waals surface area contributed by atoms with Crippen molar-refractivity contribution in [2.45, 2.75) is 25.2 Å². The van der Waals surface area contributed by atoms with Crippen LogP contribution < -0.4 is 5.32 Å². The number of Topliss-reactive ketones (excluding diaryl/α,β-unsaturated/α-hetero) is 2. The fourth-order valence-electron chi connectivity index (χ4n) is 4.32. The van der Waals surface area contributed by atoms with E-state index < -0.39 is 0 Å². The molecule has 0 fully saturated rings. The summed E-state index contributed by atoms with van der Waals surface area (Å²) < 4.78 is 0. The standard InChI is InChI=1S/C22H17NO2/c24-17-12-6-11-16-19(17)18(13-7-2-1-3-8-13)20-21(23-16)14-9-4-5-10-15(14)22(20)25/h1-5,7-10,18,23H,6,11-12H2/t18-/m0/s1. The summed E-state index contributed by atoms with van der Waals surface area (Å²) >= 11 is 0. The predicted octanol–water partition coefficient (Wildman–Crippen LogP) is 3.99. The first-order valence-corrected chi connectivity index (χ1v) is 8.72. The highest BCUT2D eigenvalue weighted by atomic mass is 16.1. The van der Waals surface area contributed by atoms with Crippen LogP contribution in [0.2, 0.25) is 0 Å². The lowest BCUT2D eigenvalue weighted by atomic mass is 9.75. The lowest BCUT2D eigenvalue weighted by Gasteiger charge is -2.33. The smallest absolute Gasteiger partial charge is 0.192 e. The Morgan fingerprint density at radius 1 is 0.800 bits per heavy atom. The van der Waals surface area contributed by atoms with Crippen molar-refractivity contribution in [2.24, 2.45) is 0 Å². The van der Waals surface area contributed by atoms with Gasteiger partial charge in [-0.1, -0.05) is 54.6 Å². The van der Waals surface area contributed by atoms with Gasteiger partial charge in [0.1, 0.15) is 0 Å². The molecule has 0 saturated carbocycles. The lowest BCUT2D eigenvalue weighted by molar-refractivity contribution is -0.116. The third-order valence-corrected chi connectivity index (χ3v) is 5.40. The molecule has 0 spiro atoms. The van der Waals surface area contributed by atoms with Gasteiger partial charge in [-0.05, 0) is 18.4 Å². The van der Waals surface area contributed by atoms with Crippen molar-refractivity contribution in [2.75, 3.05) is 0 Å². The summed E-state index contributed by atoms with van der Waals surface area (Å²) in [5, 5.41) is 3.45. The molecule has 0 amide bonds. The summed E-state index contributed by atoms with van der Waals surface area (Å²) in [7, 11) is 0. The molecule has 0 radical (unpaired) electrons. The summed E-state index contributed by atoms with van der Waals surface area (Å²) in [5.41, 5.74) is 6.09. The minimum absolute atomic E-state index is 0.0388. The number of ketones is 2. The van der Waals surface area contributed by atoms with Gasteiger partial charge >= 0.3 is 0 Å². The molecule has 2 aliphatic carbocycles. The highest BCUT2D eigenvalue weighted by molar-refractivity contribution is 6.23. The van der Waals surface area contributed by atoms with Crippen LogP contribution in [0.1, 0.15) is 46.7 Å². The van der Waals surface area contributed by atoms with Crippen molar-refractivity contribution in [1.82, 2.24) is 5.32 Å². The van der Waals surface area contributed by atoms with Crippen molar-refractivity contribution in [3.63, 3.8) is 0 Å². The zero-order valence-corrected chi connectivity index (χ0v) is 13.7. The first-order valence-electron chi connectivity index (χ1n) is 8.72. The van der Waals surface area contributed by atoms with E-state index in [-0.39, 0.29) is 17.5 Å². The number of hydrogen-bond donors (Lipinski definition) is 1. The second-order valence-electron chi connectivity index (χ2n) is 6.80. The maximum atomic E-state index is 13.2. The number of carbonyl (C=O) groups is 2. The summed E-state index contributed by atoms with van der Waals surface area (Å²) in [5.74, 6) is -0.0602. The molecule has 2 aromatic rings. The first kappa shape index (κ1) is 14.4. The van der Waals surface area contributed by atoms with Gasteiger partial charge in [0.2, 0.25) is 0 Å². The summed E-state index contributed by atoms with van der Waals surface area (Å²) in [4.78, 5) is 25.9. The molecule has 0 bridgehead atoms. The van der Waals surface area contributed by atoms with Gasteiger partial charge in [-0.2, -0.15) is 0 Å². The molecule has 3 nitrogen and oxygen atoms in total. The van der Waals surface area contributed by atoms with Crippen LogP contribution in [-0.2, 0) is 4.79 Å². The Balaban J connectivity index is 1.77. The molecule has 3 heteroatoms. The highest BCUT2D eigenvalue weighted by Crippen LogP contribution is 2.48. The predicted molar refractivity (Wildman–Crippen MR) is 95.9 cm³/mol. The molecule has 0 aromatic heterocycles. The van der Waals surface area contributed by atoms with Crippen LogP contribution in [0, 0.1) is 0 Å². The first-order chi connectivity index (χ1) is 12.3. The maximum absolute atomic E-state index is 13.2. The Hall–Kier alpha value is -2.94. The Morgan fingerprint density at radius 2 is 1.52 bits per heavy atom. The fourth-order valence-corrected chi connectivity index (χ4v) is 4.32. The topological polar surface area (TPSA) is 46.2 Å². The number of dihydropyridines is 1. The Labute approximate surface area is 146 Å².